The molecule has 3 aliphatic heterocycles. The van der Waals surface area contributed by atoms with Gasteiger partial charge in [-0.25, -0.2) is 19.9 Å². The lowest BCUT2D eigenvalue weighted by Crippen LogP contribution is -2.44. The molecule has 3 atom stereocenters. The van der Waals surface area contributed by atoms with Gasteiger partial charge in [0.15, 0.2) is 5.82 Å². The molecule has 56 heavy (non-hydrogen) atoms. The minimum atomic E-state index is -0.274. The molecule has 3 fully saturated rings. The van der Waals surface area contributed by atoms with E-state index in [0.29, 0.717) is 12.2 Å². The fourth-order valence-corrected chi connectivity index (χ4v) is 8.74. The van der Waals surface area contributed by atoms with Gasteiger partial charge in [-0.1, -0.05) is 91.3 Å². The molecule has 0 unspecified atom stereocenters. The van der Waals surface area contributed by atoms with Gasteiger partial charge >= 0.3 is 0 Å². The first-order valence-electron chi connectivity index (χ1n) is 20.0. The molecule has 0 spiro atoms. The van der Waals surface area contributed by atoms with Crippen molar-refractivity contribution >= 4 is 11.8 Å². The fraction of sp³-hybridized carbons (Fsp3) is 0.333. The van der Waals surface area contributed by atoms with Crippen molar-refractivity contribution in [3.8, 4) is 33.9 Å². The number of carbonyl (C=O) groups is 2. The zero-order chi connectivity index (χ0) is 37.8. The van der Waals surface area contributed by atoms with Crippen LogP contribution in [0.15, 0.2) is 110 Å². The van der Waals surface area contributed by atoms with Crippen LogP contribution in [-0.4, -0.2) is 82.6 Å². The highest BCUT2D eigenvalue weighted by Gasteiger charge is 2.39. The molecule has 3 aromatic heterocycles. The summed E-state index contributed by atoms with van der Waals surface area (Å²) < 4.78 is 0. The zero-order valence-electron chi connectivity index (χ0n) is 31.6. The van der Waals surface area contributed by atoms with E-state index in [1.165, 1.54) is 6.42 Å². The Morgan fingerprint density at radius 1 is 0.589 bits per heavy atom. The number of nitrogens with one attached hydrogen (secondary N) is 2. The van der Waals surface area contributed by atoms with Crippen LogP contribution in [0.4, 0.5) is 0 Å². The summed E-state index contributed by atoms with van der Waals surface area (Å²) in [5.41, 5.74) is 6.56. The largest absolute Gasteiger partial charge is 0.340 e. The van der Waals surface area contributed by atoms with Gasteiger partial charge in [0.1, 0.15) is 17.7 Å². The summed E-state index contributed by atoms with van der Waals surface area (Å²) in [6, 6.07) is 27.8. The number of imidazole rings is 2. The minimum Gasteiger partial charge on any atom is -0.340 e. The van der Waals surface area contributed by atoms with Crippen LogP contribution < -0.4 is 0 Å². The number of aromatic amines is 2. The highest BCUT2D eigenvalue weighted by molar-refractivity contribution is 5.84. The minimum absolute atomic E-state index is 0.0480. The third kappa shape index (κ3) is 7.38. The van der Waals surface area contributed by atoms with Crippen molar-refractivity contribution in [2.45, 2.75) is 69.5 Å². The van der Waals surface area contributed by atoms with E-state index >= 15 is 0 Å². The molecular formula is C45H47N9O2. The monoisotopic (exact) mass is 745 g/mol. The van der Waals surface area contributed by atoms with E-state index in [1.54, 1.807) is 0 Å². The number of piperidine rings is 1. The standard InChI is InChI=1S/C45H47N9O2/c55-40(26-31-12-4-1-5-13-31)53-24-10-16-38(53)43-48-29-36(50-43)32-18-20-34(21-19-32)42-46-27-35(28-47-42)37-30-49-44(51-37)39-17-11-25-54(39)45(56)41(33-14-6-2-7-15-33)52-22-8-3-9-23-52/h1-2,4-7,12-15,18-21,27-30,38-39,41H,3,8-11,16-17,22-26H2,(H,48,50)(H,49,51)/t38-,39-,41+/m0/s1. The Hall–Kier alpha value is -5.94. The number of amides is 2. The van der Waals surface area contributed by atoms with Crippen LogP contribution in [0.3, 0.4) is 0 Å². The van der Waals surface area contributed by atoms with E-state index in [2.05, 4.69) is 27.0 Å². The number of likely N-dealkylation sites (tertiary alicyclic amines) is 3. The quantitative estimate of drug-likeness (QED) is 0.147. The molecule has 3 aliphatic rings. The molecule has 11 nitrogen and oxygen atoms in total. The molecule has 11 heteroatoms. The molecule has 0 radical (unpaired) electrons. The van der Waals surface area contributed by atoms with Crippen LogP contribution >= 0.6 is 0 Å². The molecule has 2 amide bonds. The Morgan fingerprint density at radius 2 is 1.16 bits per heavy atom. The number of hydrogen-bond donors (Lipinski definition) is 2. The molecule has 3 saturated heterocycles. The zero-order valence-corrected chi connectivity index (χ0v) is 31.6. The van der Waals surface area contributed by atoms with Gasteiger partial charge < -0.3 is 19.8 Å². The van der Waals surface area contributed by atoms with Crippen molar-refractivity contribution in [3.63, 3.8) is 0 Å². The molecule has 2 N–H and O–H groups in total. The molecule has 9 rings (SSSR count). The molecule has 0 bridgehead atoms. The van der Waals surface area contributed by atoms with E-state index in [9.17, 15) is 9.59 Å². The van der Waals surface area contributed by atoms with Crippen molar-refractivity contribution in [1.29, 1.82) is 0 Å². The first kappa shape index (κ1) is 35.7. The number of carbonyl (C=O) groups excluding carboxylic acids is 2. The SMILES string of the molecule is O=C(Cc1ccccc1)N1CCC[C@H]1c1ncc(-c2ccc(-c3ncc(-c4cnc([C@@H]5CCCN5C(=O)[C@@H](c5ccccc5)N5CCCCC5)[nH]4)cn3)cc2)[nH]1. The maximum atomic E-state index is 14.3. The van der Waals surface area contributed by atoms with Gasteiger partial charge in [0.05, 0.1) is 42.3 Å². The van der Waals surface area contributed by atoms with Gasteiger partial charge in [0.25, 0.3) is 0 Å². The number of H-pyrrole nitrogens is 2. The smallest absolute Gasteiger partial charge is 0.245 e. The lowest BCUT2D eigenvalue weighted by molar-refractivity contribution is -0.139. The average Bonchev–Trinajstić information content (AvgIpc) is 4.10. The van der Waals surface area contributed by atoms with Crippen LogP contribution in [0.1, 0.15) is 85.8 Å². The lowest BCUT2D eigenvalue weighted by atomic mass is 10.00. The van der Waals surface area contributed by atoms with Crippen molar-refractivity contribution in [3.05, 3.63) is 132 Å². The summed E-state index contributed by atoms with van der Waals surface area (Å²) in [6.07, 6.45) is 14.9. The molecule has 284 valence electrons. The maximum Gasteiger partial charge on any atom is 0.245 e. The second-order valence-corrected chi connectivity index (χ2v) is 15.2. The number of rotatable bonds is 10. The number of hydrogen-bond acceptors (Lipinski definition) is 7. The number of aromatic nitrogens is 6. The second kappa shape index (κ2) is 16.0. The molecule has 0 saturated carbocycles. The fourth-order valence-electron chi connectivity index (χ4n) is 8.74. The number of benzene rings is 3. The average molecular weight is 746 g/mol. The number of nitrogens with zero attached hydrogens (tertiary/aromatic N) is 7. The highest BCUT2D eigenvalue weighted by Crippen LogP contribution is 2.37. The maximum absolute atomic E-state index is 14.3. The van der Waals surface area contributed by atoms with E-state index in [1.807, 2.05) is 107 Å². The van der Waals surface area contributed by atoms with E-state index < -0.39 is 0 Å². The second-order valence-electron chi connectivity index (χ2n) is 15.2. The molecule has 6 aromatic rings. The Balaban J connectivity index is 0.857. The summed E-state index contributed by atoms with van der Waals surface area (Å²) in [6.45, 7) is 3.36. The predicted molar refractivity (Wildman–Crippen MR) is 215 cm³/mol. The van der Waals surface area contributed by atoms with Gasteiger partial charge in [-0.05, 0) is 68.3 Å². The van der Waals surface area contributed by atoms with E-state index in [-0.39, 0.29) is 29.9 Å². The predicted octanol–water partition coefficient (Wildman–Crippen LogP) is 7.72. The van der Waals surface area contributed by atoms with Crippen LogP contribution in [-0.2, 0) is 16.0 Å². The first-order valence-corrected chi connectivity index (χ1v) is 20.0. The van der Waals surface area contributed by atoms with Gasteiger partial charge in [0.2, 0.25) is 11.8 Å². The topological polar surface area (TPSA) is 127 Å². The summed E-state index contributed by atoms with van der Waals surface area (Å²) in [5, 5.41) is 0. The van der Waals surface area contributed by atoms with Crippen molar-refractivity contribution in [2.24, 2.45) is 0 Å². The van der Waals surface area contributed by atoms with E-state index in [4.69, 9.17) is 19.9 Å². The third-order valence-electron chi connectivity index (χ3n) is 11.7. The van der Waals surface area contributed by atoms with Crippen molar-refractivity contribution in [2.75, 3.05) is 26.2 Å². The Labute approximate surface area is 327 Å². The van der Waals surface area contributed by atoms with Crippen molar-refractivity contribution in [1.82, 2.24) is 44.6 Å². The van der Waals surface area contributed by atoms with Crippen molar-refractivity contribution < 1.29 is 9.59 Å². The van der Waals surface area contributed by atoms with Gasteiger partial charge in [-0.3, -0.25) is 14.5 Å². The lowest BCUT2D eigenvalue weighted by Gasteiger charge is -2.37. The third-order valence-corrected chi connectivity index (χ3v) is 11.7. The van der Waals surface area contributed by atoms with Crippen LogP contribution in [0, 0.1) is 0 Å². The molecular weight excluding hydrogens is 699 g/mol. The Kier molecular flexibility index (Phi) is 10.2. The highest BCUT2D eigenvalue weighted by atomic mass is 16.2. The van der Waals surface area contributed by atoms with Gasteiger partial charge in [-0.2, -0.15) is 0 Å². The summed E-state index contributed by atoms with van der Waals surface area (Å²) in [4.78, 5) is 59.8. The van der Waals surface area contributed by atoms with Crippen LogP contribution in [0.5, 0.6) is 0 Å². The van der Waals surface area contributed by atoms with Gasteiger partial charge in [-0.15, -0.1) is 0 Å². The molecule has 6 heterocycles. The van der Waals surface area contributed by atoms with Gasteiger partial charge in [0, 0.05) is 36.6 Å². The Bertz CT molecular complexity index is 2250. The van der Waals surface area contributed by atoms with E-state index in [0.717, 1.165) is 116 Å². The summed E-state index contributed by atoms with van der Waals surface area (Å²) in [5.74, 6) is 2.55. The van der Waals surface area contributed by atoms with Crippen LogP contribution in [0.2, 0.25) is 0 Å². The first-order chi connectivity index (χ1) is 27.6. The summed E-state index contributed by atoms with van der Waals surface area (Å²) in [7, 11) is 0. The summed E-state index contributed by atoms with van der Waals surface area (Å²) >= 11 is 0. The normalized spacial score (nSPS) is 19.4. The Morgan fingerprint density at radius 3 is 1.82 bits per heavy atom. The van der Waals surface area contributed by atoms with Crippen LogP contribution in [0.25, 0.3) is 33.9 Å². The molecule has 0 aliphatic carbocycles. The molecule has 3 aromatic carbocycles.